The van der Waals surface area contributed by atoms with Crippen molar-refractivity contribution in [2.75, 3.05) is 32.8 Å². The average Bonchev–Trinajstić information content (AvgIpc) is 3.18. The van der Waals surface area contributed by atoms with Crippen molar-refractivity contribution in [3.05, 3.63) is 29.3 Å². The second kappa shape index (κ2) is 9.26. The molecule has 1 aromatic rings. The van der Waals surface area contributed by atoms with E-state index in [1.54, 1.807) is 17.0 Å². The number of piperazine rings is 1. The van der Waals surface area contributed by atoms with Crippen molar-refractivity contribution in [1.82, 2.24) is 9.21 Å². The smallest absolute Gasteiger partial charge is 0.306 e. The Bertz CT molecular complexity index is 858. The van der Waals surface area contributed by atoms with Crippen LogP contribution in [-0.4, -0.2) is 62.3 Å². The molecule has 0 radical (unpaired) electrons. The molecule has 1 saturated heterocycles. The molecule has 3 rings (SSSR count). The van der Waals surface area contributed by atoms with Gasteiger partial charge in [-0.15, -0.1) is 0 Å². The van der Waals surface area contributed by atoms with Gasteiger partial charge in [-0.1, -0.05) is 19.9 Å². The van der Waals surface area contributed by atoms with Gasteiger partial charge in [-0.25, -0.2) is 8.42 Å². The lowest BCUT2D eigenvalue weighted by molar-refractivity contribution is -0.152. The molecule has 1 fully saturated rings. The Hall–Kier alpha value is -1.93. The summed E-state index contributed by atoms with van der Waals surface area (Å²) in [7, 11) is -3.56. The van der Waals surface area contributed by atoms with Crippen molar-refractivity contribution >= 4 is 21.9 Å². The summed E-state index contributed by atoms with van der Waals surface area (Å²) in [6.07, 6.45) is 4.04. The highest BCUT2D eigenvalue weighted by atomic mass is 32.2. The summed E-state index contributed by atoms with van der Waals surface area (Å²) in [5, 5.41) is 0. The number of carbonyl (C=O) groups is 2. The first-order valence-electron chi connectivity index (χ1n) is 10.3. The van der Waals surface area contributed by atoms with Crippen molar-refractivity contribution in [2.24, 2.45) is 5.92 Å². The first kappa shape index (κ1) is 21.8. The number of ether oxygens (including phenoxy) is 1. The monoisotopic (exact) mass is 422 g/mol. The Morgan fingerprint density at radius 2 is 1.76 bits per heavy atom. The summed E-state index contributed by atoms with van der Waals surface area (Å²) in [6, 6.07) is 5.40. The predicted octanol–water partition coefficient (Wildman–Crippen LogP) is 1.99. The van der Waals surface area contributed by atoms with Gasteiger partial charge in [0, 0.05) is 32.6 Å². The molecule has 1 aliphatic carbocycles. The van der Waals surface area contributed by atoms with Crippen LogP contribution in [0, 0.1) is 5.92 Å². The van der Waals surface area contributed by atoms with Crippen molar-refractivity contribution in [3.8, 4) is 0 Å². The van der Waals surface area contributed by atoms with Gasteiger partial charge in [-0.05, 0) is 54.9 Å². The molecule has 0 N–H and O–H groups in total. The third-order valence-corrected chi connectivity index (χ3v) is 7.48. The van der Waals surface area contributed by atoms with Crippen LogP contribution in [0.3, 0.4) is 0 Å². The van der Waals surface area contributed by atoms with Gasteiger partial charge in [0.2, 0.25) is 10.0 Å². The number of esters is 1. The lowest BCUT2D eigenvalue weighted by Crippen LogP contribution is -2.51. The number of amides is 1. The average molecular weight is 423 g/mol. The van der Waals surface area contributed by atoms with Crippen LogP contribution in [0.2, 0.25) is 0 Å². The maximum Gasteiger partial charge on any atom is 0.306 e. The zero-order valence-electron chi connectivity index (χ0n) is 17.2. The van der Waals surface area contributed by atoms with Gasteiger partial charge in [0.25, 0.3) is 5.91 Å². The first-order chi connectivity index (χ1) is 13.8. The standard InChI is InChI=1S/C21H30N2O5S/c1-16(2)6-9-21(25)28-15-20(24)22-10-12-23(13-11-22)29(26,27)19-8-7-17-4-3-5-18(17)14-19/h7-8,14,16H,3-6,9-13,15H2,1-2H3. The summed E-state index contributed by atoms with van der Waals surface area (Å²) in [5.41, 5.74) is 2.36. The van der Waals surface area contributed by atoms with E-state index in [1.165, 1.54) is 9.87 Å². The lowest BCUT2D eigenvalue weighted by atomic mass is 10.1. The number of hydrogen-bond acceptors (Lipinski definition) is 5. The van der Waals surface area contributed by atoms with Crippen LogP contribution in [0.1, 0.15) is 44.2 Å². The van der Waals surface area contributed by atoms with Crippen LogP contribution in [0.4, 0.5) is 0 Å². The summed E-state index contributed by atoms with van der Waals surface area (Å²) in [4.78, 5) is 25.8. The van der Waals surface area contributed by atoms with Crippen LogP contribution < -0.4 is 0 Å². The Labute approximate surface area is 173 Å². The fraction of sp³-hybridized carbons (Fsp3) is 0.619. The van der Waals surface area contributed by atoms with Crippen molar-refractivity contribution in [1.29, 1.82) is 0 Å². The second-order valence-electron chi connectivity index (χ2n) is 8.16. The molecule has 1 amide bonds. The SMILES string of the molecule is CC(C)CCC(=O)OCC(=O)N1CCN(S(=O)(=O)c2ccc3c(c2)CCC3)CC1. The maximum atomic E-state index is 13.0. The van der Waals surface area contributed by atoms with Crippen LogP contribution in [-0.2, 0) is 37.2 Å². The topological polar surface area (TPSA) is 84.0 Å². The summed E-state index contributed by atoms with van der Waals surface area (Å²) >= 11 is 0. The highest BCUT2D eigenvalue weighted by molar-refractivity contribution is 7.89. The first-order valence-corrected chi connectivity index (χ1v) is 11.8. The zero-order chi connectivity index (χ0) is 21.0. The molecular weight excluding hydrogens is 392 g/mol. The van der Waals surface area contributed by atoms with Gasteiger partial charge in [-0.2, -0.15) is 4.31 Å². The van der Waals surface area contributed by atoms with E-state index in [-0.39, 0.29) is 31.6 Å². The van der Waals surface area contributed by atoms with E-state index in [1.807, 2.05) is 19.9 Å². The van der Waals surface area contributed by atoms with E-state index in [0.717, 1.165) is 31.2 Å². The highest BCUT2D eigenvalue weighted by Crippen LogP contribution is 2.26. The van der Waals surface area contributed by atoms with Crippen LogP contribution in [0.25, 0.3) is 0 Å². The molecule has 1 aromatic carbocycles. The molecule has 2 aliphatic rings. The minimum atomic E-state index is -3.56. The third-order valence-electron chi connectivity index (χ3n) is 5.58. The predicted molar refractivity (Wildman–Crippen MR) is 109 cm³/mol. The summed E-state index contributed by atoms with van der Waals surface area (Å²) in [6.45, 7) is 4.84. The molecule has 7 nitrogen and oxygen atoms in total. The molecule has 1 heterocycles. The Balaban J connectivity index is 1.50. The largest absolute Gasteiger partial charge is 0.456 e. The van der Waals surface area contributed by atoms with E-state index >= 15 is 0 Å². The molecule has 0 unspecified atom stereocenters. The Morgan fingerprint density at radius 1 is 1.07 bits per heavy atom. The van der Waals surface area contributed by atoms with E-state index in [9.17, 15) is 18.0 Å². The van der Waals surface area contributed by atoms with E-state index in [0.29, 0.717) is 30.3 Å². The molecular formula is C21H30N2O5S. The van der Waals surface area contributed by atoms with Gasteiger partial charge < -0.3 is 9.64 Å². The van der Waals surface area contributed by atoms with E-state index < -0.39 is 10.0 Å². The second-order valence-corrected chi connectivity index (χ2v) is 10.1. The molecule has 0 saturated carbocycles. The van der Waals surface area contributed by atoms with Gasteiger partial charge in [0.05, 0.1) is 4.90 Å². The van der Waals surface area contributed by atoms with Crippen LogP contribution in [0.5, 0.6) is 0 Å². The Morgan fingerprint density at radius 3 is 2.45 bits per heavy atom. The van der Waals surface area contributed by atoms with Crippen molar-refractivity contribution < 1.29 is 22.7 Å². The van der Waals surface area contributed by atoms with E-state index in [4.69, 9.17) is 4.74 Å². The van der Waals surface area contributed by atoms with E-state index in [2.05, 4.69) is 0 Å². The minimum Gasteiger partial charge on any atom is -0.456 e. The maximum absolute atomic E-state index is 13.0. The highest BCUT2D eigenvalue weighted by Gasteiger charge is 2.31. The number of nitrogens with zero attached hydrogens (tertiary/aromatic N) is 2. The fourth-order valence-corrected chi connectivity index (χ4v) is 5.22. The molecule has 0 atom stereocenters. The number of benzene rings is 1. The van der Waals surface area contributed by atoms with Gasteiger partial charge in [0.1, 0.15) is 0 Å². The zero-order valence-corrected chi connectivity index (χ0v) is 18.0. The fourth-order valence-electron chi connectivity index (χ4n) is 3.75. The normalized spacial score (nSPS) is 17.4. The van der Waals surface area contributed by atoms with Crippen molar-refractivity contribution in [2.45, 2.75) is 50.8 Å². The number of rotatable bonds is 7. The van der Waals surface area contributed by atoms with Crippen LogP contribution >= 0.6 is 0 Å². The molecule has 29 heavy (non-hydrogen) atoms. The number of fused-ring (bicyclic) bond motifs is 1. The third kappa shape index (κ3) is 5.36. The number of carbonyl (C=O) groups excluding carboxylic acids is 2. The molecule has 8 heteroatoms. The van der Waals surface area contributed by atoms with Crippen LogP contribution in [0.15, 0.2) is 23.1 Å². The minimum absolute atomic E-state index is 0.243. The number of hydrogen-bond donors (Lipinski definition) is 0. The van der Waals surface area contributed by atoms with Gasteiger partial charge >= 0.3 is 5.97 Å². The molecule has 1 aliphatic heterocycles. The number of aryl methyl sites for hydroxylation is 2. The van der Waals surface area contributed by atoms with Gasteiger partial charge in [0.15, 0.2) is 6.61 Å². The summed E-state index contributed by atoms with van der Waals surface area (Å²) < 4.78 is 32.4. The van der Waals surface area contributed by atoms with Crippen molar-refractivity contribution in [3.63, 3.8) is 0 Å². The van der Waals surface area contributed by atoms with Gasteiger partial charge in [-0.3, -0.25) is 9.59 Å². The Kier molecular flexibility index (Phi) is 6.95. The quantitative estimate of drug-likeness (QED) is 0.628. The molecule has 160 valence electrons. The number of sulfonamides is 1. The lowest BCUT2D eigenvalue weighted by Gasteiger charge is -2.34. The molecule has 0 spiro atoms. The molecule has 0 bridgehead atoms. The molecule has 0 aromatic heterocycles. The summed E-state index contributed by atoms with van der Waals surface area (Å²) in [5.74, 6) is -0.249.